The maximum Gasteiger partial charge on any atom is 0.241 e. The number of nitrogens with one attached hydrogen (secondary N) is 3. The number of rotatable bonds is 6. The second-order valence-corrected chi connectivity index (χ2v) is 7.21. The normalized spacial score (nSPS) is 17.6. The van der Waals surface area contributed by atoms with Gasteiger partial charge in [0.2, 0.25) is 11.8 Å². The molecule has 6 nitrogen and oxygen atoms in total. The fraction of sp³-hybridized carbons (Fsp3) is 0.364. The van der Waals surface area contributed by atoms with E-state index in [4.69, 9.17) is 0 Å². The number of fused-ring (bicyclic) bond motifs is 3. The Morgan fingerprint density at radius 2 is 1.96 bits per heavy atom. The zero-order valence-electron chi connectivity index (χ0n) is 16.5. The van der Waals surface area contributed by atoms with Crippen LogP contribution < -0.4 is 16.0 Å². The minimum atomic E-state index is -0.480. The van der Waals surface area contributed by atoms with Gasteiger partial charge in [-0.25, -0.2) is 0 Å². The van der Waals surface area contributed by atoms with Crippen molar-refractivity contribution in [3.63, 3.8) is 0 Å². The highest BCUT2D eigenvalue weighted by Crippen LogP contribution is 2.42. The van der Waals surface area contributed by atoms with Gasteiger partial charge in [0, 0.05) is 12.1 Å². The molecule has 0 saturated carbocycles. The second-order valence-electron chi connectivity index (χ2n) is 7.21. The van der Waals surface area contributed by atoms with Crippen LogP contribution in [0.5, 0.6) is 0 Å². The van der Waals surface area contributed by atoms with Crippen LogP contribution in [0.3, 0.4) is 0 Å². The third-order valence-electron chi connectivity index (χ3n) is 5.19. The van der Waals surface area contributed by atoms with Gasteiger partial charge in [0.1, 0.15) is 0 Å². The first-order valence-electron chi connectivity index (χ1n) is 9.67. The molecule has 2 aromatic carbocycles. The van der Waals surface area contributed by atoms with Crippen LogP contribution in [0.4, 0.5) is 11.4 Å². The zero-order chi connectivity index (χ0) is 20.3. The molecule has 0 spiro atoms. The molecular formula is C22H27N3O3. The first-order valence-corrected chi connectivity index (χ1v) is 9.67. The summed E-state index contributed by atoms with van der Waals surface area (Å²) in [6, 6.07) is 12.8. The highest BCUT2D eigenvalue weighted by molar-refractivity contribution is 6.08. The summed E-state index contributed by atoms with van der Waals surface area (Å²) in [6.07, 6.45) is 0.147. The monoisotopic (exact) mass is 381 g/mol. The molecule has 28 heavy (non-hydrogen) atoms. The lowest BCUT2D eigenvalue weighted by atomic mass is 9.91. The highest BCUT2D eigenvalue weighted by atomic mass is 16.3. The summed E-state index contributed by atoms with van der Waals surface area (Å²) in [6.45, 7) is 5.89. The largest absolute Gasteiger partial charge is 0.392 e. The quantitative estimate of drug-likeness (QED) is 0.619. The standard InChI is InChI=1S/C22H27N3O3/c1-4-15(26)12-23-14(3)22(28)25-19-11-7-10-18-20(19)17-9-6-5-8-16(17)13(2)21(27)24-18/h5-11,13-15,23,26H,4,12H2,1-3H3,(H,24,27)(H,25,28)/t13?,14-,15+/m0/s1. The molecule has 3 atom stereocenters. The van der Waals surface area contributed by atoms with Crippen molar-refractivity contribution in [2.75, 3.05) is 17.2 Å². The van der Waals surface area contributed by atoms with Gasteiger partial charge in [0.15, 0.2) is 0 Å². The number of aliphatic hydroxyl groups excluding tert-OH is 1. The third kappa shape index (κ3) is 4.08. The number of benzene rings is 2. The third-order valence-corrected chi connectivity index (χ3v) is 5.19. The molecule has 148 valence electrons. The average Bonchev–Trinajstić information content (AvgIpc) is 2.81. The number of hydrogen-bond donors (Lipinski definition) is 4. The van der Waals surface area contributed by atoms with E-state index in [2.05, 4.69) is 16.0 Å². The summed E-state index contributed by atoms with van der Waals surface area (Å²) in [7, 11) is 0. The zero-order valence-corrected chi connectivity index (χ0v) is 16.5. The fourth-order valence-electron chi connectivity index (χ4n) is 3.33. The van der Waals surface area contributed by atoms with E-state index in [1.165, 1.54) is 0 Å². The molecule has 2 aromatic rings. The van der Waals surface area contributed by atoms with Gasteiger partial charge in [-0.1, -0.05) is 37.3 Å². The van der Waals surface area contributed by atoms with Gasteiger partial charge >= 0.3 is 0 Å². The van der Waals surface area contributed by atoms with Crippen molar-refractivity contribution in [2.24, 2.45) is 0 Å². The first kappa shape index (κ1) is 20.0. The Kier molecular flexibility index (Phi) is 6.11. The van der Waals surface area contributed by atoms with E-state index in [-0.39, 0.29) is 17.7 Å². The van der Waals surface area contributed by atoms with E-state index in [9.17, 15) is 14.7 Å². The molecule has 0 aliphatic carbocycles. The predicted molar refractivity (Wildman–Crippen MR) is 111 cm³/mol. The molecule has 6 heteroatoms. The summed E-state index contributed by atoms with van der Waals surface area (Å²) in [5, 5.41) is 18.7. The van der Waals surface area contributed by atoms with Crippen LogP contribution in [0.2, 0.25) is 0 Å². The fourth-order valence-corrected chi connectivity index (χ4v) is 3.33. The summed E-state index contributed by atoms with van der Waals surface area (Å²) in [4.78, 5) is 25.2. The molecule has 1 heterocycles. The molecule has 3 rings (SSSR count). The lowest BCUT2D eigenvalue weighted by Gasteiger charge is -2.19. The molecule has 1 aliphatic rings. The molecule has 0 bridgehead atoms. The van der Waals surface area contributed by atoms with E-state index in [1.54, 1.807) is 6.92 Å². The summed E-state index contributed by atoms with van der Waals surface area (Å²) >= 11 is 0. The van der Waals surface area contributed by atoms with E-state index in [0.717, 1.165) is 16.7 Å². The maximum atomic E-state index is 12.7. The molecule has 1 aliphatic heterocycles. The highest BCUT2D eigenvalue weighted by Gasteiger charge is 2.27. The van der Waals surface area contributed by atoms with E-state index in [1.807, 2.05) is 56.3 Å². The van der Waals surface area contributed by atoms with Gasteiger partial charge in [-0.3, -0.25) is 9.59 Å². The van der Waals surface area contributed by atoms with Crippen LogP contribution in [-0.4, -0.2) is 35.6 Å². The van der Waals surface area contributed by atoms with Crippen molar-refractivity contribution in [1.82, 2.24) is 5.32 Å². The van der Waals surface area contributed by atoms with Gasteiger partial charge < -0.3 is 21.1 Å². The van der Waals surface area contributed by atoms with Crippen molar-refractivity contribution in [3.8, 4) is 11.1 Å². The Bertz CT molecular complexity index is 881. The Morgan fingerprint density at radius 1 is 1.21 bits per heavy atom. The van der Waals surface area contributed by atoms with Gasteiger partial charge in [-0.05, 0) is 43.5 Å². The van der Waals surface area contributed by atoms with Crippen LogP contribution in [0.1, 0.15) is 38.7 Å². The van der Waals surface area contributed by atoms with Gasteiger partial charge in [-0.2, -0.15) is 0 Å². The number of amides is 2. The SMILES string of the molecule is CC[C@@H](O)CN[C@@H](C)C(=O)Nc1cccc2c1-c1ccccc1C(C)C(=O)N2. The lowest BCUT2D eigenvalue weighted by Crippen LogP contribution is -2.41. The molecule has 0 saturated heterocycles. The predicted octanol–water partition coefficient (Wildman–Crippen LogP) is 3.10. The summed E-state index contributed by atoms with van der Waals surface area (Å²) in [5.41, 5.74) is 4.00. The van der Waals surface area contributed by atoms with Crippen LogP contribution in [-0.2, 0) is 9.59 Å². The van der Waals surface area contributed by atoms with Crippen molar-refractivity contribution in [2.45, 2.75) is 45.3 Å². The Balaban J connectivity index is 1.92. The number of anilines is 2. The van der Waals surface area contributed by atoms with Crippen LogP contribution >= 0.6 is 0 Å². The van der Waals surface area contributed by atoms with Crippen LogP contribution in [0, 0.1) is 0 Å². The molecule has 0 aromatic heterocycles. The smallest absolute Gasteiger partial charge is 0.241 e. The molecule has 4 N–H and O–H groups in total. The number of aliphatic hydroxyl groups is 1. The number of hydrogen-bond acceptors (Lipinski definition) is 4. The van der Waals surface area contributed by atoms with E-state index >= 15 is 0 Å². The Hall–Kier alpha value is -2.70. The molecule has 0 fully saturated rings. The number of carbonyl (C=O) groups excluding carboxylic acids is 2. The van der Waals surface area contributed by atoms with Crippen LogP contribution in [0.25, 0.3) is 11.1 Å². The van der Waals surface area contributed by atoms with Crippen molar-refractivity contribution in [3.05, 3.63) is 48.0 Å². The molecule has 0 radical (unpaired) electrons. The minimum Gasteiger partial charge on any atom is -0.392 e. The summed E-state index contributed by atoms with van der Waals surface area (Å²) < 4.78 is 0. The minimum absolute atomic E-state index is 0.0711. The second kappa shape index (κ2) is 8.54. The van der Waals surface area contributed by atoms with Gasteiger partial charge in [0.25, 0.3) is 0 Å². The van der Waals surface area contributed by atoms with Crippen molar-refractivity contribution < 1.29 is 14.7 Å². The van der Waals surface area contributed by atoms with Gasteiger partial charge in [-0.15, -0.1) is 0 Å². The topological polar surface area (TPSA) is 90.5 Å². The van der Waals surface area contributed by atoms with Crippen molar-refractivity contribution >= 4 is 23.2 Å². The Labute approximate surface area is 165 Å². The number of carbonyl (C=O) groups is 2. The van der Waals surface area contributed by atoms with E-state index in [0.29, 0.717) is 24.3 Å². The molecule has 2 amide bonds. The van der Waals surface area contributed by atoms with E-state index < -0.39 is 12.1 Å². The average molecular weight is 381 g/mol. The lowest BCUT2D eigenvalue weighted by molar-refractivity contribution is -0.118. The molecule has 1 unspecified atom stereocenters. The maximum absolute atomic E-state index is 12.7. The summed E-state index contributed by atoms with van der Waals surface area (Å²) in [5.74, 6) is -0.556. The van der Waals surface area contributed by atoms with Crippen LogP contribution in [0.15, 0.2) is 42.5 Å². The van der Waals surface area contributed by atoms with Gasteiger partial charge in [0.05, 0.1) is 29.4 Å². The molecular weight excluding hydrogens is 354 g/mol. The van der Waals surface area contributed by atoms with Crippen molar-refractivity contribution in [1.29, 1.82) is 0 Å². The first-order chi connectivity index (χ1) is 13.4. The Morgan fingerprint density at radius 3 is 2.71 bits per heavy atom.